The molecule has 7 nitrogen and oxygen atoms in total. The van der Waals surface area contributed by atoms with Crippen LogP contribution in [0.25, 0.3) is 10.2 Å². The summed E-state index contributed by atoms with van der Waals surface area (Å²) in [5, 5.41) is 5.73. The molecule has 0 aliphatic rings. The number of sulfonamides is 1. The van der Waals surface area contributed by atoms with Crippen molar-refractivity contribution in [2.24, 2.45) is 5.14 Å². The van der Waals surface area contributed by atoms with E-state index >= 15 is 0 Å². The monoisotopic (exact) mass is 378 g/mol. The van der Waals surface area contributed by atoms with Crippen molar-refractivity contribution in [2.45, 2.75) is 11.5 Å². The van der Waals surface area contributed by atoms with Gasteiger partial charge in [0.25, 0.3) is 0 Å². The third-order valence-electron chi connectivity index (χ3n) is 3.38. The zero-order valence-electron chi connectivity index (χ0n) is 13.1. The van der Waals surface area contributed by atoms with E-state index in [1.54, 1.807) is 0 Å². The van der Waals surface area contributed by atoms with Crippen molar-refractivity contribution in [3.63, 3.8) is 0 Å². The van der Waals surface area contributed by atoms with Gasteiger partial charge in [0.05, 0.1) is 22.2 Å². The van der Waals surface area contributed by atoms with Gasteiger partial charge in [0.15, 0.2) is 0 Å². The fourth-order valence-corrected chi connectivity index (χ4v) is 3.63. The third-order valence-corrected chi connectivity index (χ3v) is 5.31. The summed E-state index contributed by atoms with van der Waals surface area (Å²) >= 11 is 1.42. The fourth-order valence-electron chi connectivity index (χ4n) is 2.21. The summed E-state index contributed by atoms with van der Waals surface area (Å²) in [7, 11) is -2.57. The van der Waals surface area contributed by atoms with Crippen LogP contribution in [0, 0.1) is 0 Å². The summed E-state index contributed by atoms with van der Waals surface area (Å²) in [4.78, 5) is 16.5. The van der Waals surface area contributed by atoms with E-state index in [1.807, 2.05) is 24.3 Å². The van der Waals surface area contributed by atoms with E-state index in [4.69, 9.17) is 14.6 Å². The number of nitrogens with zero attached hydrogens (tertiary/aromatic N) is 1. The molecule has 3 rings (SSSR count). The number of thiazole rings is 1. The molecule has 0 saturated heterocycles. The maximum atomic E-state index is 12.3. The normalized spacial score (nSPS) is 11.4. The first kappa shape index (κ1) is 17.3. The minimum atomic E-state index is -3.94. The molecule has 9 heteroatoms. The van der Waals surface area contributed by atoms with E-state index in [-0.39, 0.29) is 22.8 Å². The Morgan fingerprint density at radius 3 is 2.68 bits per heavy atom. The predicted octanol–water partition coefficient (Wildman–Crippen LogP) is 2.31. The first-order chi connectivity index (χ1) is 11.9. The van der Waals surface area contributed by atoms with Gasteiger partial charge in [-0.05, 0) is 30.3 Å². The van der Waals surface area contributed by atoms with Crippen LogP contribution in [-0.2, 0) is 21.4 Å². The number of ether oxygens (including phenoxy) is 2. The lowest BCUT2D eigenvalue weighted by molar-refractivity contribution is 0.0468. The van der Waals surface area contributed by atoms with Crippen molar-refractivity contribution < 1.29 is 22.7 Å². The Morgan fingerprint density at radius 1 is 1.24 bits per heavy atom. The van der Waals surface area contributed by atoms with E-state index in [0.717, 1.165) is 16.3 Å². The lowest BCUT2D eigenvalue weighted by Gasteiger charge is -2.09. The molecule has 0 fully saturated rings. The number of hydrogen-bond donors (Lipinski definition) is 1. The highest BCUT2D eigenvalue weighted by Gasteiger charge is 2.19. The van der Waals surface area contributed by atoms with Crippen LogP contribution in [0.3, 0.4) is 0 Å². The van der Waals surface area contributed by atoms with Gasteiger partial charge in [0, 0.05) is 0 Å². The molecule has 0 saturated carbocycles. The van der Waals surface area contributed by atoms with Gasteiger partial charge >= 0.3 is 5.97 Å². The fraction of sp³-hybridized carbons (Fsp3) is 0.125. The highest BCUT2D eigenvalue weighted by atomic mass is 32.2. The molecule has 1 aromatic heterocycles. The quantitative estimate of drug-likeness (QED) is 0.683. The van der Waals surface area contributed by atoms with Gasteiger partial charge < -0.3 is 9.47 Å². The lowest BCUT2D eigenvalue weighted by Crippen LogP contribution is -2.14. The summed E-state index contributed by atoms with van der Waals surface area (Å²) < 4.78 is 34.2. The Morgan fingerprint density at radius 2 is 2.00 bits per heavy atom. The first-order valence-corrected chi connectivity index (χ1v) is 9.47. The number of carbonyl (C=O) groups is 1. The molecular formula is C16H14N2O5S2. The second kappa shape index (κ2) is 6.79. The Bertz CT molecular complexity index is 1010. The van der Waals surface area contributed by atoms with Crippen LogP contribution < -0.4 is 9.88 Å². The van der Waals surface area contributed by atoms with Crippen molar-refractivity contribution in [2.75, 3.05) is 7.11 Å². The average Bonchev–Trinajstić information content (AvgIpc) is 3.01. The van der Waals surface area contributed by atoms with Gasteiger partial charge in [-0.15, -0.1) is 11.3 Å². The third kappa shape index (κ3) is 3.78. The van der Waals surface area contributed by atoms with Crippen LogP contribution in [0.5, 0.6) is 5.75 Å². The number of para-hydroxylation sites is 1. The minimum Gasteiger partial charge on any atom is -0.496 e. The molecule has 0 radical (unpaired) electrons. The van der Waals surface area contributed by atoms with E-state index in [1.165, 1.54) is 30.6 Å². The van der Waals surface area contributed by atoms with Gasteiger partial charge in [0.2, 0.25) is 10.0 Å². The molecule has 2 N–H and O–H groups in total. The Hall–Kier alpha value is -2.49. The van der Waals surface area contributed by atoms with Crippen LogP contribution in [0.4, 0.5) is 0 Å². The van der Waals surface area contributed by atoms with Crippen molar-refractivity contribution in [1.82, 2.24) is 4.98 Å². The molecule has 0 atom stereocenters. The molecule has 0 amide bonds. The second-order valence-corrected chi connectivity index (χ2v) is 7.74. The molecule has 0 aliphatic heterocycles. The van der Waals surface area contributed by atoms with Gasteiger partial charge in [-0.2, -0.15) is 0 Å². The van der Waals surface area contributed by atoms with Crippen molar-refractivity contribution in [3.05, 3.63) is 53.0 Å². The largest absolute Gasteiger partial charge is 0.496 e. The highest BCUT2D eigenvalue weighted by molar-refractivity contribution is 7.89. The predicted molar refractivity (Wildman–Crippen MR) is 93.1 cm³/mol. The van der Waals surface area contributed by atoms with Gasteiger partial charge in [-0.3, -0.25) is 0 Å². The number of carbonyl (C=O) groups excluding carboxylic acids is 1. The molecule has 2 aromatic carbocycles. The maximum Gasteiger partial charge on any atom is 0.342 e. The Labute approximate surface area is 148 Å². The topological polar surface area (TPSA) is 109 Å². The summed E-state index contributed by atoms with van der Waals surface area (Å²) in [5.74, 6) is -0.525. The zero-order valence-corrected chi connectivity index (χ0v) is 14.8. The number of aromatic nitrogens is 1. The summed E-state index contributed by atoms with van der Waals surface area (Å²) in [5.41, 5.74) is 0.808. The van der Waals surface area contributed by atoms with Crippen LogP contribution in [0.2, 0.25) is 0 Å². The number of fused-ring (bicyclic) bond motifs is 1. The van der Waals surface area contributed by atoms with Gasteiger partial charge in [-0.1, -0.05) is 12.1 Å². The van der Waals surface area contributed by atoms with Crippen LogP contribution in [0.15, 0.2) is 47.4 Å². The van der Waals surface area contributed by atoms with Crippen molar-refractivity contribution in [3.8, 4) is 5.75 Å². The number of esters is 1. The smallest absolute Gasteiger partial charge is 0.342 e. The van der Waals surface area contributed by atoms with Crippen molar-refractivity contribution >= 4 is 37.5 Å². The average molecular weight is 378 g/mol. The molecule has 25 heavy (non-hydrogen) atoms. The zero-order chi connectivity index (χ0) is 18.0. The lowest BCUT2D eigenvalue weighted by atomic mass is 10.2. The van der Waals surface area contributed by atoms with E-state index in [9.17, 15) is 13.2 Å². The summed E-state index contributed by atoms with van der Waals surface area (Å²) in [6.07, 6.45) is 0. The second-order valence-electron chi connectivity index (χ2n) is 5.06. The molecule has 0 bridgehead atoms. The van der Waals surface area contributed by atoms with Gasteiger partial charge in [0.1, 0.15) is 22.9 Å². The van der Waals surface area contributed by atoms with E-state index in [0.29, 0.717) is 5.01 Å². The number of hydrogen-bond acceptors (Lipinski definition) is 7. The van der Waals surface area contributed by atoms with Crippen molar-refractivity contribution in [1.29, 1.82) is 0 Å². The van der Waals surface area contributed by atoms with E-state index in [2.05, 4.69) is 4.98 Å². The summed E-state index contributed by atoms with van der Waals surface area (Å²) in [6.45, 7) is -0.0268. The molecular weight excluding hydrogens is 364 g/mol. The van der Waals surface area contributed by atoms with Crippen LogP contribution >= 0.6 is 11.3 Å². The van der Waals surface area contributed by atoms with Gasteiger partial charge in [-0.25, -0.2) is 23.3 Å². The Balaban J connectivity index is 1.82. The number of rotatable bonds is 5. The molecule has 0 spiro atoms. The SMILES string of the molecule is COc1ccc(S(N)(=O)=O)cc1C(=O)OCc1nc2ccccc2s1. The molecule has 1 heterocycles. The molecule has 0 aliphatic carbocycles. The summed E-state index contributed by atoms with van der Waals surface area (Å²) in [6, 6.07) is 11.3. The highest BCUT2D eigenvalue weighted by Crippen LogP contribution is 2.25. The molecule has 0 unspecified atom stereocenters. The van der Waals surface area contributed by atoms with Crippen LogP contribution in [0.1, 0.15) is 15.4 Å². The van der Waals surface area contributed by atoms with Crippen LogP contribution in [-0.4, -0.2) is 26.5 Å². The molecule has 3 aromatic rings. The first-order valence-electron chi connectivity index (χ1n) is 7.11. The standard InChI is InChI=1S/C16H14N2O5S2/c1-22-13-7-6-10(25(17,20)21)8-11(13)16(19)23-9-15-18-12-4-2-3-5-14(12)24-15/h2-8H,9H2,1H3,(H2,17,20,21). The number of benzene rings is 2. The number of nitrogens with two attached hydrogens (primary N) is 1. The maximum absolute atomic E-state index is 12.3. The minimum absolute atomic E-state index is 0.0184. The Kier molecular flexibility index (Phi) is 4.71. The van der Waals surface area contributed by atoms with E-state index < -0.39 is 16.0 Å². The molecule has 130 valence electrons. The number of methoxy groups -OCH3 is 1. The number of primary sulfonamides is 1.